The van der Waals surface area contributed by atoms with Crippen LogP contribution in [0.1, 0.15) is 16.8 Å². The van der Waals surface area contributed by atoms with Gasteiger partial charge in [-0.2, -0.15) is 13.2 Å². The molecular weight excluding hydrogens is 259 g/mol. The third kappa shape index (κ3) is 2.83. The zero-order valence-electron chi connectivity index (χ0n) is 9.95. The van der Waals surface area contributed by atoms with Gasteiger partial charge in [-0.05, 0) is 30.7 Å². The minimum atomic E-state index is -4.59. The van der Waals surface area contributed by atoms with E-state index >= 15 is 0 Å². The van der Waals surface area contributed by atoms with Crippen molar-refractivity contribution in [3.63, 3.8) is 0 Å². The normalized spacial score (nSPS) is 11.8. The summed E-state index contributed by atoms with van der Waals surface area (Å²) in [6.45, 7) is 1.78. The number of halogens is 3. The lowest BCUT2D eigenvalue weighted by atomic mass is 10.0. The molecule has 1 N–H and O–H groups in total. The number of aromatic nitrogens is 1. The monoisotopic (exact) mass is 269 g/mol. The van der Waals surface area contributed by atoms with Crippen LogP contribution >= 0.6 is 0 Å². The molecule has 0 radical (unpaired) electrons. The minimum absolute atomic E-state index is 0.119. The molecule has 0 aliphatic carbocycles. The molecule has 0 atom stereocenters. The second-order valence-corrected chi connectivity index (χ2v) is 4.26. The first-order valence-electron chi connectivity index (χ1n) is 5.46. The largest absolute Gasteiger partial charge is 0.481 e. The molecular formula is C13H10F3NO2. The summed E-state index contributed by atoms with van der Waals surface area (Å²) in [4.78, 5) is 14.3. The summed E-state index contributed by atoms with van der Waals surface area (Å²) in [6.07, 6.45) is -5.06. The lowest BCUT2D eigenvalue weighted by Gasteiger charge is -2.11. The van der Waals surface area contributed by atoms with Gasteiger partial charge in [-0.3, -0.25) is 4.79 Å². The van der Waals surface area contributed by atoms with Crippen LogP contribution in [0.15, 0.2) is 24.3 Å². The predicted octanol–water partition coefficient (Wildman–Crippen LogP) is 3.19. The fraction of sp³-hybridized carbons (Fsp3) is 0.231. The van der Waals surface area contributed by atoms with Crippen LogP contribution in [0.3, 0.4) is 0 Å². The minimum Gasteiger partial charge on any atom is -0.481 e. The number of benzene rings is 1. The standard InChI is InChI=1S/C13H10F3NO2/c1-7-2-3-10-9(4-7)8(6-12(18)19)5-11(17-10)13(14,15)16/h2-5H,6H2,1H3,(H,18,19). The molecule has 1 aromatic heterocycles. The molecule has 0 amide bonds. The first-order chi connectivity index (χ1) is 8.77. The van der Waals surface area contributed by atoms with Gasteiger partial charge in [0.05, 0.1) is 11.9 Å². The lowest BCUT2D eigenvalue weighted by Crippen LogP contribution is -2.11. The number of carbonyl (C=O) groups is 1. The molecule has 2 aromatic rings. The number of pyridine rings is 1. The molecule has 2 rings (SSSR count). The van der Waals surface area contributed by atoms with Crippen LogP contribution in [0.25, 0.3) is 10.9 Å². The second kappa shape index (κ2) is 4.53. The van der Waals surface area contributed by atoms with Crippen LogP contribution in [0.2, 0.25) is 0 Å². The Hall–Kier alpha value is -2.11. The molecule has 1 aromatic carbocycles. The molecule has 19 heavy (non-hydrogen) atoms. The van der Waals surface area contributed by atoms with E-state index in [1.54, 1.807) is 19.1 Å². The van der Waals surface area contributed by atoms with E-state index in [2.05, 4.69) is 4.98 Å². The molecule has 0 spiro atoms. The Morgan fingerprint density at radius 1 is 1.32 bits per heavy atom. The van der Waals surface area contributed by atoms with Gasteiger partial charge in [-0.25, -0.2) is 4.98 Å². The molecule has 100 valence electrons. The third-order valence-corrected chi connectivity index (χ3v) is 2.68. The van der Waals surface area contributed by atoms with Crippen LogP contribution in [-0.4, -0.2) is 16.1 Å². The Morgan fingerprint density at radius 3 is 2.58 bits per heavy atom. The Balaban J connectivity index is 2.72. The summed E-state index contributed by atoms with van der Waals surface area (Å²) >= 11 is 0. The molecule has 0 bridgehead atoms. The average Bonchev–Trinajstić information content (AvgIpc) is 2.27. The molecule has 0 aliphatic rings. The summed E-state index contributed by atoms with van der Waals surface area (Å²) in [6, 6.07) is 5.54. The quantitative estimate of drug-likeness (QED) is 0.910. The van der Waals surface area contributed by atoms with Gasteiger partial charge in [0.25, 0.3) is 0 Å². The second-order valence-electron chi connectivity index (χ2n) is 4.26. The van der Waals surface area contributed by atoms with Crippen molar-refractivity contribution in [1.82, 2.24) is 4.98 Å². The predicted molar refractivity (Wildman–Crippen MR) is 62.8 cm³/mol. The van der Waals surface area contributed by atoms with Gasteiger partial charge in [0.15, 0.2) is 0 Å². The Bertz CT molecular complexity index is 650. The first kappa shape index (κ1) is 13.3. The van der Waals surface area contributed by atoms with E-state index in [1.807, 2.05) is 0 Å². The van der Waals surface area contributed by atoms with Crippen LogP contribution in [0, 0.1) is 6.92 Å². The summed E-state index contributed by atoms with van der Waals surface area (Å²) < 4.78 is 38.1. The van der Waals surface area contributed by atoms with Crippen molar-refractivity contribution in [3.05, 3.63) is 41.1 Å². The van der Waals surface area contributed by atoms with Crippen molar-refractivity contribution in [2.24, 2.45) is 0 Å². The number of carboxylic acid groups (broad SMARTS) is 1. The summed E-state index contributed by atoms with van der Waals surface area (Å²) in [7, 11) is 0. The zero-order valence-corrected chi connectivity index (χ0v) is 9.95. The molecule has 0 fully saturated rings. The number of hydrogen-bond acceptors (Lipinski definition) is 2. The highest BCUT2D eigenvalue weighted by Crippen LogP contribution is 2.31. The maximum atomic E-state index is 12.7. The maximum Gasteiger partial charge on any atom is 0.433 e. The summed E-state index contributed by atoms with van der Waals surface area (Å²) in [5, 5.41) is 9.23. The van der Waals surface area contributed by atoms with Crippen molar-refractivity contribution in [2.45, 2.75) is 19.5 Å². The van der Waals surface area contributed by atoms with Gasteiger partial charge in [0.2, 0.25) is 0 Å². The number of aliphatic carboxylic acids is 1. The van der Waals surface area contributed by atoms with Gasteiger partial charge in [0, 0.05) is 5.39 Å². The molecule has 1 heterocycles. The van der Waals surface area contributed by atoms with Crippen molar-refractivity contribution < 1.29 is 23.1 Å². The molecule has 0 saturated heterocycles. The van der Waals surface area contributed by atoms with Gasteiger partial charge in [-0.15, -0.1) is 0 Å². The van der Waals surface area contributed by atoms with Crippen molar-refractivity contribution in [2.75, 3.05) is 0 Å². The smallest absolute Gasteiger partial charge is 0.433 e. The number of fused-ring (bicyclic) bond motifs is 1. The number of aryl methyl sites for hydroxylation is 1. The zero-order chi connectivity index (χ0) is 14.2. The van der Waals surface area contributed by atoms with Gasteiger partial charge >= 0.3 is 12.1 Å². The van der Waals surface area contributed by atoms with E-state index in [0.717, 1.165) is 11.6 Å². The van der Waals surface area contributed by atoms with E-state index in [4.69, 9.17) is 5.11 Å². The van der Waals surface area contributed by atoms with Crippen molar-refractivity contribution >= 4 is 16.9 Å². The molecule has 0 unspecified atom stereocenters. The summed E-state index contributed by atoms with van der Waals surface area (Å²) in [5.74, 6) is -1.18. The van der Waals surface area contributed by atoms with Crippen molar-refractivity contribution in [1.29, 1.82) is 0 Å². The molecule has 3 nitrogen and oxygen atoms in total. The number of carboxylic acids is 1. The maximum absolute atomic E-state index is 12.7. The van der Waals surface area contributed by atoms with Crippen LogP contribution in [0.5, 0.6) is 0 Å². The van der Waals surface area contributed by atoms with Gasteiger partial charge in [0.1, 0.15) is 5.69 Å². The van der Waals surface area contributed by atoms with E-state index in [9.17, 15) is 18.0 Å². The topological polar surface area (TPSA) is 50.2 Å². The van der Waals surface area contributed by atoms with E-state index in [0.29, 0.717) is 5.39 Å². The average molecular weight is 269 g/mol. The number of nitrogens with zero attached hydrogens (tertiary/aromatic N) is 1. The van der Waals surface area contributed by atoms with Crippen LogP contribution in [0.4, 0.5) is 13.2 Å². The molecule has 0 saturated carbocycles. The van der Waals surface area contributed by atoms with Crippen molar-refractivity contribution in [3.8, 4) is 0 Å². The van der Waals surface area contributed by atoms with Crippen LogP contribution < -0.4 is 0 Å². The first-order valence-corrected chi connectivity index (χ1v) is 5.46. The number of hydrogen-bond donors (Lipinski definition) is 1. The van der Waals surface area contributed by atoms with E-state index < -0.39 is 24.3 Å². The SMILES string of the molecule is Cc1ccc2nc(C(F)(F)F)cc(CC(=O)O)c2c1. The Morgan fingerprint density at radius 2 is 2.00 bits per heavy atom. The van der Waals surface area contributed by atoms with E-state index in [1.165, 1.54) is 6.07 Å². The third-order valence-electron chi connectivity index (χ3n) is 2.68. The summed E-state index contributed by atoms with van der Waals surface area (Å²) in [5.41, 5.74) is 0.0333. The lowest BCUT2D eigenvalue weighted by molar-refractivity contribution is -0.141. The highest BCUT2D eigenvalue weighted by Gasteiger charge is 2.33. The number of alkyl halides is 3. The van der Waals surface area contributed by atoms with E-state index in [-0.39, 0.29) is 11.1 Å². The Kier molecular flexibility index (Phi) is 3.18. The highest BCUT2D eigenvalue weighted by molar-refractivity contribution is 5.86. The number of rotatable bonds is 2. The van der Waals surface area contributed by atoms with Gasteiger partial charge < -0.3 is 5.11 Å². The Labute approximate surface area is 106 Å². The molecule has 0 aliphatic heterocycles. The highest BCUT2D eigenvalue weighted by atomic mass is 19.4. The fourth-order valence-electron chi connectivity index (χ4n) is 1.86. The van der Waals surface area contributed by atoms with Crippen LogP contribution in [-0.2, 0) is 17.4 Å². The molecule has 6 heteroatoms. The van der Waals surface area contributed by atoms with Gasteiger partial charge in [-0.1, -0.05) is 11.6 Å². The fourth-order valence-corrected chi connectivity index (χ4v) is 1.86.